The monoisotopic (exact) mass is 430 g/mol. The summed E-state index contributed by atoms with van der Waals surface area (Å²) in [5.74, 6) is 0.720. The molecule has 1 amide bonds. The fourth-order valence-corrected chi connectivity index (χ4v) is 5.24. The SMILES string of the molecule is COc1ccc(N(CC(=O)NC2CCCCC2C)S(=O)(=O)c2ccc(C)cc2)cc1. The van der Waals surface area contributed by atoms with Crippen LogP contribution in [0.2, 0.25) is 0 Å². The van der Waals surface area contributed by atoms with Crippen molar-refractivity contribution in [2.45, 2.75) is 50.5 Å². The summed E-state index contributed by atoms with van der Waals surface area (Å²) in [6.07, 6.45) is 4.27. The summed E-state index contributed by atoms with van der Waals surface area (Å²) < 4.78 is 33.2. The molecule has 1 aliphatic carbocycles. The molecule has 3 rings (SSSR count). The van der Waals surface area contributed by atoms with Crippen LogP contribution in [-0.2, 0) is 14.8 Å². The van der Waals surface area contributed by atoms with Crippen LogP contribution in [-0.4, -0.2) is 34.0 Å². The molecule has 1 N–H and O–H groups in total. The van der Waals surface area contributed by atoms with Crippen LogP contribution in [0.1, 0.15) is 38.2 Å². The van der Waals surface area contributed by atoms with Crippen LogP contribution in [0, 0.1) is 12.8 Å². The summed E-state index contributed by atoms with van der Waals surface area (Å²) in [5.41, 5.74) is 1.39. The van der Waals surface area contributed by atoms with Crippen LogP contribution in [0.5, 0.6) is 5.75 Å². The van der Waals surface area contributed by atoms with E-state index in [0.717, 1.165) is 24.8 Å². The second kappa shape index (κ2) is 9.51. The number of hydrogen-bond acceptors (Lipinski definition) is 4. The molecule has 2 atom stereocenters. The van der Waals surface area contributed by atoms with E-state index >= 15 is 0 Å². The van der Waals surface area contributed by atoms with Crippen LogP contribution in [0.3, 0.4) is 0 Å². The molecule has 162 valence electrons. The molecule has 0 aliphatic heterocycles. The Morgan fingerprint density at radius 1 is 1.07 bits per heavy atom. The van der Waals surface area contributed by atoms with Gasteiger partial charge in [-0.1, -0.05) is 37.5 Å². The van der Waals surface area contributed by atoms with Crippen molar-refractivity contribution in [2.24, 2.45) is 5.92 Å². The summed E-state index contributed by atoms with van der Waals surface area (Å²) in [6, 6.07) is 13.4. The second-order valence-corrected chi connectivity index (χ2v) is 9.82. The van der Waals surface area contributed by atoms with Gasteiger partial charge in [0, 0.05) is 6.04 Å². The molecule has 30 heavy (non-hydrogen) atoms. The molecule has 0 heterocycles. The van der Waals surface area contributed by atoms with Gasteiger partial charge >= 0.3 is 0 Å². The van der Waals surface area contributed by atoms with Crippen LogP contribution in [0.4, 0.5) is 5.69 Å². The predicted octanol–water partition coefficient (Wildman–Crippen LogP) is 3.89. The highest BCUT2D eigenvalue weighted by Gasteiger charge is 2.29. The van der Waals surface area contributed by atoms with E-state index in [-0.39, 0.29) is 23.4 Å². The van der Waals surface area contributed by atoms with Crippen molar-refractivity contribution in [3.05, 3.63) is 54.1 Å². The Morgan fingerprint density at radius 2 is 1.70 bits per heavy atom. The maximum atomic E-state index is 13.4. The molecular weight excluding hydrogens is 400 g/mol. The molecule has 2 unspecified atom stereocenters. The van der Waals surface area contributed by atoms with Crippen molar-refractivity contribution in [3.63, 3.8) is 0 Å². The van der Waals surface area contributed by atoms with Crippen molar-refractivity contribution in [3.8, 4) is 5.75 Å². The third-order valence-electron chi connectivity index (χ3n) is 5.71. The van der Waals surface area contributed by atoms with E-state index in [4.69, 9.17) is 4.74 Å². The van der Waals surface area contributed by atoms with Crippen molar-refractivity contribution in [1.82, 2.24) is 5.32 Å². The Labute approximate surface area is 179 Å². The lowest BCUT2D eigenvalue weighted by molar-refractivity contribution is -0.120. The number of ether oxygens (including phenoxy) is 1. The standard InChI is InChI=1S/C23H30N2O4S/c1-17-8-14-21(15-9-17)30(27,28)25(19-10-12-20(29-3)13-11-19)16-23(26)24-22-7-5-4-6-18(22)2/h8-15,18,22H,4-7,16H2,1-3H3,(H,24,26). The van der Waals surface area contributed by atoms with E-state index in [1.54, 1.807) is 55.6 Å². The van der Waals surface area contributed by atoms with Crippen LogP contribution >= 0.6 is 0 Å². The third kappa shape index (κ3) is 5.14. The highest BCUT2D eigenvalue weighted by atomic mass is 32.2. The van der Waals surface area contributed by atoms with Crippen LogP contribution < -0.4 is 14.4 Å². The number of rotatable bonds is 7. The minimum absolute atomic E-state index is 0.0889. The molecule has 0 saturated heterocycles. The molecule has 1 aliphatic rings. The smallest absolute Gasteiger partial charge is 0.264 e. The Bertz CT molecular complexity index is 956. The maximum absolute atomic E-state index is 13.4. The Morgan fingerprint density at radius 3 is 2.30 bits per heavy atom. The number of nitrogens with zero attached hydrogens (tertiary/aromatic N) is 1. The lowest BCUT2D eigenvalue weighted by Gasteiger charge is -2.31. The van der Waals surface area contributed by atoms with Gasteiger partial charge in [0.2, 0.25) is 5.91 Å². The van der Waals surface area contributed by atoms with E-state index in [0.29, 0.717) is 17.4 Å². The zero-order chi connectivity index (χ0) is 21.7. The van der Waals surface area contributed by atoms with Gasteiger partial charge in [-0.3, -0.25) is 9.10 Å². The van der Waals surface area contributed by atoms with E-state index in [2.05, 4.69) is 12.2 Å². The van der Waals surface area contributed by atoms with Gasteiger partial charge in [-0.15, -0.1) is 0 Å². The molecule has 0 aromatic heterocycles. The summed E-state index contributed by atoms with van der Waals surface area (Å²) in [7, 11) is -2.36. The average molecular weight is 431 g/mol. The first-order valence-corrected chi connectivity index (χ1v) is 11.8. The minimum atomic E-state index is -3.91. The molecule has 2 aromatic carbocycles. The van der Waals surface area contributed by atoms with Crippen molar-refractivity contribution in [2.75, 3.05) is 18.0 Å². The predicted molar refractivity (Wildman–Crippen MR) is 118 cm³/mol. The number of anilines is 1. The number of benzene rings is 2. The molecule has 0 spiro atoms. The summed E-state index contributed by atoms with van der Waals surface area (Å²) in [5, 5.41) is 3.05. The van der Waals surface area contributed by atoms with Gasteiger partial charge in [-0.05, 0) is 62.1 Å². The maximum Gasteiger partial charge on any atom is 0.264 e. The van der Waals surface area contributed by atoms with Gasteiger partial charge in [0.1, 0.15) is 12.3 Å². The molecule has 1 saturated carbocycles. The fraction of sp³-hybridized carbons (Fsp3) is 0.435. The zero-order valence-electron chi connectivity index (χ0n) is 17.8. The van der Waals surface area contributed by atoms with Crippen molar-refractivity contribution >= 4 is 21.6 Å². The number of aryl methyl sites for hydroxylation is 1. The quantitative estimate of drug-likeness (QED) is 0.723. The van der Waals surface area contributed by atoms with Gasteiger partial charge in [-0.2, -0.15) is 0 Å². The molecule has 1 fully saturated rings. The number of nitrogens with one attached hydrogen (secondary N) is 1. The first-order chi connectivity index (χ1) is 14.3. The lowest BCUT2D eigenvalue weighted by Crippen LogP contribution is -2.47. The highest BCUT2D eigenvalue weighted by Crippen LogP contribution is 2.27. The van der Waals surface area contributed by atoms with Gasteiger partial charge in [0.25, 0.3) is 10.0 Å². The van der Waals surface area contributed by atoms with E-state index in [1.807, 2.05) is 6.92 Å². The fourth-order valence-electron chi connectivity index (χ4n) is 3.81. The molecule has 6 nitrogen and oxygen atoms in total. The van der Waals surface area contributed by atoms with E-state index in [1.165, 1.54) is 10.7 Å². The van der Waals surface area contributed by atoms with E-state index in [9.17, 15) is 13.2 Å². The average Bonchev–Trinajstić information content (AvgIpc) is 2.74. The molecular formula is C23H30N2O4S. The molecule has 0 radical (unpaired) electrons. The number of sulfonamides is 1. The minimum Gasteiger partial charge on any atom is -0.497 e. The normalized spacial score (nSPS) is 19.2. The number of hydrogen-bond donors (Lipinski definition) is 1. The second-order valence-electron chi connectivity index (χ2n) is 7.96. The Balaban J connectivity index is 1.88. The van der Waals surface area contributed by atoms with Gasteiger partial charge < -0.3 is 10.1 Å². The number of carbonyl (C=O) groups is 1. The van der Waals surface area contributed by atoms with Crippen LogP contribution in [0.15, 0.2) is 53.4 Å². The summed E-state index contributed by atoms with van der Waals surface area (Å²) in [6.45, 7) is 3.76. The van der Waals surface area contributed by atoms with Crippen molar-refractivity contribution in [1.29, 1.82) is 0 Å². The van der Waals surface area contributed by atoms with Gasteiger partial charge in [-0.25, -0.2) is 8.42 Å². The first kappa shape index (κ1) is 22.2. The third-order valence-corrected chi connectivity index (χ3v) is 7.50. The molecule has 2 aromatic rings. The summed E-state index contributed by atoms with van der Waals surface area (Å²) in [4.78, 5) is 13.0. The van der Waals surface area contributed by atoms with Gasteiger partial charge in [0.05, 0.1) is 17.7 Å². The Kier molecular flexibility index (Phi) is 7.02. The molecule has 7 heteroatoms. The number of methoxy groups -OCH3 is 1. The summed E-state index contributed by atoms with van der Waals surface area (Å²) >= 11 is 0. The van der Waals surface area contributed by atoms with Crippen LogP contribution in [0.25, 0.3) is 0 Å². The highest BCUT2D eigenvalue weighted by molar-refractivity contribution is 7.92. The largest absolute Gasteiger partial charge is 0.497 e. The zero-order valence-corrected chi connectivity index (χ0v) is 18.6. The number of carbonyl (C=O) groups excluding carboxylic acids is 1. The number of amides is 1. The first-order valence-electron chi connectivity index (χ1n) is 10.3. The van der Waals surface area contributed by atoms with Crippen molar-refractivity contribution < 1.29 is 17.9 Å². The molecule has 0 bridgehead atoms. The topological polar surface area (TPSA) is 75.7 Å². The Hall–Kier alpha value is -2.54. The van der Waals surface area contributed by atoms with E-state index < -0.39 is 10.0 Å². The van der Waals surface area contributed by atoms with Gasteiger partial charge in [0.15, 0.2) is 0 Å². The lowest BCUT2D eigenvalue weighted by atomic mass is 9.86.